The van der Waals surface area contributed by atoms with Crippen molar-refractivity contribution in [1.82, 2.24) is 10.6 Å². The molecule has 0 bridgehead atoms. The van der Waals surface area contributed by atoms with E-state index in [4.69, 9.17) is 9.15 Å². The van der Waals surface area contributed by atoms with E-state index >= 15 is 0 Å². The Balaban J connectivity index is 2.38. The highest BCUT2D eigenvalue weighted by Crippen LogP contribution is 2.09. The molecule has 23 heavy (non-hydrogen) atoms. The molecule has 0 aliphatic rings. The lowest BCUT2D eigenvalue weighted by Gasteiger charge is -2.23. The van der Waals surface area contributed by atoms with Crippen molar-refractivity contribution < 1.29 is 23.5 Å². The van der Waals surface area contributed by atoms with Crippen molar-refractivity contribution in [3.63, 3.8) is 0 Å². The van der Waals surface area contributed by atoms with Crippen molar-refractivity contribution in [3.05, 3.63) is 23.7 Å². The van der Waals surface area contributed by atoms with Crippen molar-refractivity contribution in [2.75, 3.05) is 13.7 Å². The van der Waals surface area contributed by atoms with Crippen LogP contribution in [0.5, 0.6) is 0 Å². The lowest BCUT2D eigenvalue weighted by atomic mass is 10.2. The summed E-state index contributed by atoms with van der Waals surface area (Å²) < 4.78 is 15.1. The number of esters is 1. The summed E-state index contributed by atoms with van der Waals surface area (Å²) in [6, 6.07) is 1.57. The summed E-state index contributed by atoms with van der Waals surface area (Å²) >= 11 is 0. The minimum absolute atomic E-state index is 0.0557. The van der Waals surface area contributed by atoms with Crippen molar-refractivity contribution in [2.45, 2.75) is 52.3 Å². The van der Waals surface area contributed by atoms with Gasteiger partial charge in [-0.15, -0.1) is 0 Å². The highest BCUT2D eigenvalue weighted by molar-refractivity contribution is 5.88. The zero-order valence-corrected chi connectivity index (χ0v) is 14.4. The fraction of sp³-hybridized carbons (Fsp3) is 0.625. The maximum atomic E-state index is 11.7. The van der Waals surface area contributed by atoms with Crippen LogP contribution in [0.25, 0.3) is 0 Å². The number of ether oxygens (including phenoxy) is 2. The van der Waals surface area contributed by atoms with Gasteiger partial charge in [-0.3, -0.25) is 0 Å². The van der Waals surface area contributed by atoms with Crippen molar-refractivity contribution >= 4 is 12.1 Å². The standard InChI is InChI=1S/C16H26N2O5/c1-6-12(18-15(20)23-16(2,3)4)8-17-9-13-7-11(10-22-13)14(19)21-5/h7,10,12,17H,6,8-9H2,1-5H3,(H,18,20). The van der Waals surface area contributed by atoms with Gasteiger partial charge in [0.1, 0.15) is 17.6 Å². The van der Waals surface area contributed by atoms with Gasteiger partial charge in [-0.05, 0) is 33.3 Å². The lowest BCUT2D eigenvalue weighted by molar-refractivity contribution is 0.0501. The molecule has 0 radical (unpaired) electrons. The molecule has 1 amide bonds. The summed E-state index contributed by atoms with van der Waals surface area (Å²) in [7, 11) is 1.32. The van der Waals surface area contributed by atoms with Crippen LogP contribution >= 0.6 is 0 Å². The first-order chi connectivity index (χ1) is 10.7. The maximum Gasteiger partial charge on any atom is 0.407 e. The maximum absolute atomic E-state index is 11.7. The summed E-state index contributed by atoms with van der Waals surface area (Å²) in [5, 5.41) is 5.99. The summed E-state index contributed by atoms with van der Waals surface area (Å²) in [5.41, 5.74) is -0.142. The minimum atomic E-state index is -0.520. The Morgan fingerprint density at radius 1 is 1.35 bits per heavy atom. The van der Waals surface area contributed by atoms with Crippen LogP contribution in [0.4, 0.5) is 4.79 Å². The monoisotopic (exact) mass is 326 g/mol. The minimum Gasteiger partial charge on any atom is -0.467 e. The zero-order chi connectivity index (χ0) is 17.5. The first-order valence-electron chi connectivity index (χ1n) is 7.61. The van der Waals surface area contributed by atoms with E-state index in [1.807, 2.05) is 27.7 Å². The topological polar surface area (TPSA) is 89.8 Å². The van der Waals surface area contributed by atoms with Crippen LogP contribution in [0.3, 0.4) is 0 Å². The van der Waals surface area contributed by atoms with Gasteiger partial charge in [0.15, 0.2) is 0 Å². The van der Waals surface area contributed by atoms with E-state index in [0.717, 1.165) is 6.42 Å². The second-order valence-corrected chi connectivity index (χ2v) is 6.18. The van der Waals surface area contributed by atoms with E-state index in [1.54, 1.807) is 6.07 Å². The second kappa shape index (κ2) is 8.57. The Kier molecular flexibility index (Phi) is 7.09. The molecule has 1 atom stereocenters. The normalized spacial score (nSPS) is 12.6. The smallest absolute Gasteiger partial charge is 0.407 e. The van der Waals surface area contributed by atoms with E-state index < -0.39 is 17.7 Å². The molecule has 130 valence electrons. The number of nitrogens with one attached hydrogen (secondary N) is 2. The third-order valence-corrected chi connectivity index (χ3v) is 2.98. The van der Waals surface area contributed by atoms with E-state index in [9.17, 15) is 9.59 Å². The largest absolute Gasteiger partial charge is 0.467 e. The summed E-state index contributed by atoms with van der Waals surface area (Å²) in [6.45, 7) is 8.45. The average molecular weight is 326 g/mol. The van der Waals surface area contributed by atoms with Gasteiger partial charge in [-0.2, -0.15) is 0 Å². The van der Waals surface area contributed by atoms with Crippen LogP contribution < -0.4 is 10.6 Å². The van der Waals surface area contributed by atoms with Gasteiger partial charge in [-0.25, -0.2) is 9.59 Å². The Hall–Kier alpha value is -2.02. The molecule has 0 fully saturated rings. The van der Waals surface area contributed by atoms with Gasteiger partial charge in [0.25, 0.3) is 0 Å². The molecule has 1 heterocycles. The molecule has 0 saturated heterocycles. The summed E-state index contributed by atoms with van der Waals surface area (Å²) in [4.78, 5) is 23.1. The van der Waals surface area contributed by atoms with Gasteiger partial charge >= 0.3 is 12.1 Å². The van der Waals surface area contributed by atoms with Crippen molar-refractivity contribution in [3.8, 4) is 0 Å². The molecule has 0 aromatic carbocycles. The third-order valence-electron chi connectivity index (χ3n) is 2.98. The Morgan fingerprint density at radius 3 is 2.61 bits per heavy atom. The third kappa shape index (κ3) is 7.19. The van der Waals surface area contributed by atoms with Crippen LogP contribution in [0, 0.1) is 0 Å². The van der Waals surface area contributed by atoms with Crippen LogP contribution in [0.2, 0.25) is 0 Å². The van der Waals surface area contributed by atoms with Gasteiger partial charge in [0.05, 0.1) is 19.2 Å². The quantitative estimate of drug-likeness (QED) is 0.748. The first-order valence-corrected chi connectivity index (χ1v) is 7.61. The Labute approximate surface area is 136 Å². The molecule has 2 N–H and O–H groups in total. The summed E-state index contributed by atoms with van der Waals surface area (Å²) in [6.07, 6.45) is 1.69. The van der Waals surface area contributed by atoms with Crippen LogP contribution in [-0.2, 0) is 16.0 Å². The molecule has 1 rings (SSSR count). The highest BCUT2D eigenvalue weighted by Gasteiger charge is 2.18. The van der Waals surface area contributed by atoms with Gasteiger partial charge in [0.2, 0.25) is 0 Å². The fourth-order valence-electron chi connectivity index (χ4n) is 1.84. The molecule has 7 nitrogen and oxygen atoms in total. The fourth-order valence-corrected chi connectivity index (χ4v) is 1.84. The number of amides is 1. The average Bonchev–Trinajstić information content (AvgIpc) is 2.92. The molecule has 1 aromatic heterocycles. The number of carbonyl (C=O) groups is 2. The molecule has 0 spiro atoms. The van der Waals surface area contributed by atoms with E-state index in [1.165, 1.54) is 13.4 Å². The molecular formula is C16H26N2O5. The van der Waals surface area contributed by atoms with E-state index in [-0.39, 0.29) is 6.04 Å². The first kappa shape index (κ1) is 19.0. The predicted octanol–water partition coefficient (Wildman–Crippen LogP) is 2.46. The van der Waals surface area contributed by atoms with Crippen molar-refractivity contribution in [1.29, 1.82) is 0 Å². The molecule has 7 heteroatoms. The molecular weight excluding hydrogens is 300 g/mol. The van der Waals surface area contributed by atoms with Gasteiger partial charge in [0, 0.05) is 12.6 Å². The highest BCUT2D eigenvalue weighted by atomic mass is 16.6. The number of furan rings is 1. The Morgan fingerprint density at radius 2 is 2.04 bits per heavy atom. The lowest BCUT2D eigenvalue weighted by Crippen LogP contribution is -2.43. The molecule has 1 unspecified atom stereocenters. The van der Waals surface area contributed by atoms with Gasteiger partial charge < -0.3 is 24.5 Å². The van der Waals surface area contributed by atoms with E-state index in [0.29, 0.717) is 24.4 Å². The molecule has 0 saturated carbocycles. The molecule has 0 aliphatic heterocycles. The zero-order valence-electron chi connectivity index (χ0n) is 14.4. The van der Waals surface area contributed by atoms with Crippen LogP contribution in [0.15, 0.2) is 16.7 Å². The SMILES string of the molecule is CCC(CNCc1cc(C(=O)OC)co1)NC(=O)OC(C)(C)C. The number of hydrogen-bond acceptors (Lipinski definition) is 6. The summed E-state index contributed by atoms with van der Waals surface area (Å²) in [5.74, 6) is 0.190. The van der Waals surface area contributed by atoms with Crippen LogP contribution in [-0.4, -0.2) is 37.4 Å². The number of alkyl carbamates (subject to hydrolysis) is 1. The molecule has 1 aromatic rings. The number of carbonyl (C=O) groups excluding carboxylic acids is 2. The van der Waals surface area contributed by atoms with Crippen LogP contribution in [0.1, 0.15) is 50.2 Å². The number of hydrogen-bond donors (Lipinski definition) is 2. The number of methoxy groups -OCH3 is 1. The van der Waals surface area contributed by atoms with E-state index in [2.05, 4.69) is 15.4 Å². The Bertz CT molecular complexity index is 519. The van der Waals surface area contributed by atoms with Gasteiger partial charge in [-0.1, -0.05) is 6.92 Å². The second-order valence-electron chi connectivity index (χ2n) is 6.18. The molecule has 0 aliphatic carbocycles. The predicted molar refractivity (Wildman–Crippen MR) is 85.2 cm³/mol. The number of rotatable bonds is 7. The van der Waals surface area contributed by atoms with Crippen molar-refractivity contribution in [2.24, 2.45) is 0 Å².